The Morgan fingerprint density at radius 3 is 2.50 bits per heavy atom. The minimum Gasteiger partial charge on any atom is -0.369 e. The Labute approximate surface area is 120 Å². The Balaban J connectivity index is 1.76. The van der Waals surface area contributed by atoms with E-state index in [0.29, 0.717) is 0 Å². The summed E-state index contributed by atoms with van der Waals surface area (Å²) in [7, 11) is 1.92. The fourth-order valence-electron chi connectivity index (χ4n) is 3.08. The summed E-state index contributed by atoms with van der Waals surface area (Å²) < 4.78 is 13.5. The molecule has 1 N–H and O–H groups in total. The maximum absolute atomic E-state index is 13.5. The van der Waals surface area contributed by atoms with E-state index in [9.17, 15) is 4.39 Å². The number of piperazine rings is 1. The first-order valence-corrected chi connectivity index (χ1v) is 7.64. The predicted octanol–water partition coefficient (Wildman–Crippen LogP) is 2.39. The molecular formula is C16H24FN3. The lowest BCUT2D eigenvalue weighted by Gasteiger charge is -2.37. The highest BCUT2D eigenvalue weighted by molar-refractivity contribution is 5.55. The van der Waals surface area contributed by atoms with Crippen LogP contribution in [0.2, 0.25) is 0 Å². The van der Waals surface area contributed by atoms with Crippen molar-refractivity contribution >= 4 is 5.69 Å². The number of rotatable bonds is 4. The number of hydrogen-bond donors (Lipinski definition) is 1. The van der Waals surface area contributed by atoms with Gasteiger partial charge in [-0.2, -0.15) is 0 Å². The van der Waals surface area contributed by atoms with Crippen molar-refractivity contribution in [3.05, 3.63) is 29.6 Å². The topological polar surface area (TPSA) is 18.5 Å². The summed E-state index contributed by atoms with van der Waals surface area (Å²) in [4.78, 5) is 5.00. The van der Waals surface area contributed by atoms with Gasteiger partial charge in [0.1, 0.15) is 5.82 Å². The monoisotopic (exact) mass is 277 g/mol. The van der Waals surface area contributed by atoms with Crippen molar-refractivity contribution in [1.82, 2.24) is 10.2 Å². The highest BCUT2D eigenvalue weighted by atomic mass is 19.1. The lowest BCUT2D eigenvalue weighted by atomic mass is 10.0. The van der Waals surface area contributed by atoms with Gasteiger partial charge in [-0.25, -0.2) is 4.39 Å². The second kappa shape index (κ2) is 5.70. The second-order valence-corrected chi connectivity index (χ2v) is 5.97. The zero-order valence-corrected chi connectivity index (χ0v) is 12.4. The van der Waals surface area contributed by atoms with Crippen LogP contribution in [-0.4, -0.2) is 44.2 Å². The molecule has 3 nitrogen and oxygen atoms in total. The minimum absolute atomic E-state index is 0.150. The quantitative estimate of drug-likeness (QED) is 0.911. The molecule has 1 unspecified atom stereocenters. The third-order valence-electron chi connectivity index (χ3n) is 4.61. The van der Waals surface area contributed by atoms with Crippen LogP contribution in [0.4, 0.5) is 10.1 Å². The molecule has 110 valence electrons. The Bertz CT molecular complexity index is 465. The van der Waals surface area contributed by atoms with E-state index in [1.54, 1.807) is 12.1 Å². The van der Waals surface area contributed by atoms with Crippen molar-refractivity contribution in [3.63, 3.8) is 0 Å². The van der Waals surface area contributed by atoms with Gasteiger partial charge in [-0.3, -0.25) is 4.90 Å². The fraction of sp³-hybridized carbons (Fsp3) is 0.625. The summed E-state index contributed by atoms with van der Waals surface area (Å²) in [6, 6.07) is 6.20. The van der Waals surface area contributed by atoms with Crippen LogP contribution in [0.25, 0.3) is 0 Å². The molecule has 4 heteroatoms. The highest BCUT2D eigenvalue weighted by Crippen LogP contribution is 2.31. The van der Waals surface area contributed by atoms with Gasteiger partial charge in [-0.15, -0.1) is 0 Å². The van der Waals surface area contributed by atoms with Crippen molar-refractivity contribution in [2.75, 3.05) is 38.1 Å². The number of halogens is 1. The molecule has 1 saturated carbocycles. The van der Waals surface area contributed by atoms with Gasteiger partial charge in [0.2, 0.25) is 0 Å². The van der Waals surface area contributed by atoms with Crippen molar-refractivity contribution in [3.8, 4) is 0 Å². The zero-order valence-electron chi connectivity index (χ0n) is 12.4. The maximum atomic E-state index is 13.5. The van der Waals surface area contributed by atoms with Crippen LogP contribution in [-0.2, 0) is 0 Å². The van der Waals surface area contributed by atoms with Crippen molar-refractivity contribution in [1.29, 1.82) is 0 Å². The van der Waals surface area contributed by atoms with Gasteiger partial charge in [0.25, 0.3) is 0 Å². The van der Waals surface area contributed by atoms with Crippen molar-refractivity contribution in [2.45, 2.75) is 31.8 Å². The molecule has 0 amide bonds. The van der Waals surface area contributed by atoms with E-state index in [1.165, 1.54) is 18.5 Å². The van der Waals surface area contributed by atoms with Gasteiger partial charge in [0, 0.05) is 44.0 Å². The third-order valence-corrected chi connectivity index (χ3v) is 4.61. The number of nitrogens with zero attached hydrogens (tertiary/aromatic N) is 2. The molecule has 2 aliphatic rings. The molecule has 20 heavy (non-hydrogen) atoms. The molecule has 1 aliphatic carbocycles. The zero-order chi connectivity index (χ0) is 14.1. The van der Waals surface area contributed by atoms with Gasteiger partial charge < -0.3 is 10.2 Å². The van der Waals surface area contributed by atoms with E-state index >= 15 is 0 Å². The molecule has 1 heterocycles. The SMILES string of the molecule is CNC(C)c1cc(F)ccc1N1CCN(C2CC2)CC1. The lowest BCUT2D eigenvalue weighted by Crippen LogP contribution is -2.47. The number of anilines is 1. The number of nitrogens with one attached hydrogen (secondary N) is 1. The van der Waals surface area contributed by atoms with Gasteiger partial charge >= 0.3 is 0 Å². The van der Waals surface area contributed by atoms with Gasteiger partial charge in [0.15, 0.2) is 0 Å². The Morgan fingerprint density at radius 2 is 1.90 bits per heavy atom. The lowest BCUT2D eigenvalue weighted by molar-refractivity contribution is 0.248. The number of hydrogen-bond acceptors (Lipinski definition) is 3. The standard InChI is InChI=1S/C16H24FN3/c1-12(18-2)15-11-13(17)3-6-16(15)20-9-7-19(8-10-20)14-4-5-14/h3,6,11-12,14,18H,4-5,7-10H2,1-2H3. The van der Waals surface area contributed by atoms with Crippen LogP contribution < -0.4 is 10.2 Å². The Hall–Kier alpha value is -1.13. The molecule has 1 aromatic rings. The van der Waals surface area contributed by atoms with Crippen LogP contribution in [0.5, 0.6) is 0 Å². The molecule has 1 aromatic carbocycles. The summed E-state index contributed by atoms with van der Waals surface area (Å²) in [5.41, 5.74) is 2.25. The van der Waals surface area contributed by atoms with Crippen LogP contribution in [0.3, 0.4) is 0 Å². The van der Waals surface area contributed by atoms with E-state index in [-0.39, 0.29) is 11.9 Å². The van der Waals surface area contributed by atoms with Crippen molar-refractivity contribution in [2.24, 2.45) is 0 Å². The van der Waals surface area contributed by atoms with E-state index in [2.05, 4.69) is 22.0 Å². The van der Waals surface area contributed by atoms with Gasteiger partial charge in [-0.05, 0) is 50.6 Å². The maximum Gasteiger partial charge on any atom is 0.123 e. The molecule has 1 aliphatic heterocycles. The van der Waals surface area contributed by atoms with E-state index < -0.39 is 0 Å². The van der Waals surface area contributed by atoms with E-state index in [1.807, 2.05) is 13.1 Å². The summed E-state index contributed by atoms with van der Waals surface area (Å²) in [5.74, 6) is -0.150. The second-order valence-electron chi connectivity index (χ2n) is 5.97. The minimum atomic E-state index is -0.150. The molecule has 0 aromatic heterocycles. The molecule has 2 fully saturated rings. The molecular weight excluding hydrogens is 253 g/mol. The molecule has 0 spiro atoms. The average molecular weight is 277 g/mol. The summed E-state index contributed by atoms with van der Waals surface area (Å²) in [6.45, 7) is 6.45. The van der Waals surface area contributed by atoms with Crippen LogP contribution >= 0.6 is 0 Å². The summed E-state index contributed by atoms with van der Waals surface area (Å²) >= 11 is 0. The van der Waals surface area contributed by atoms with Crippen LogP contribution in [0, 0.1) is 5.82 Å². The third kappa shape index (κ3) is 2.81. The molecule has 1 saturated heterocycles. The Morgan fingerprint density at radius 1 is 1.20 bits per heavy atom. The first-order chi connectivity index (χ1) is 9.69. The summed E-state index contributed by atoms with van der Waals surface area (Å²) in [6.07, 6.45) is 2.75. The average Bonchev–Trinajstić information content (AvgIpc) is 3.31. The molecule has 3 rings (SSSR count). The fourth-order valence-corrected chi connectivity index (χ4v) is 3.08. The van der Waals surface area contributed by atoms with Gasteiger partial charge in [0.05, 0.1) is 0 Å². The molecule has 1 atom stereocenters. The molecule has 0 radical (unpaired) electrons. The van der Waals surface area contributed by atoms with Crippen LogP contribution in [0.15, 0.2) is 18.2 Å². The number of benzene rings is 1. The van der Waals surface area contributed by atoms with Crippen LogP contribution in [0.1, 0.15) is 31.4 Å². The highest BCUT2D eigenvalue weighted by Gasteiger charge is 2.31. The van der Waals surface area contributed by atoms with E-state index in [0.717, 1.165) is 37.8 Å². The molecule has 0 bridgehead atoms. The Kier molecular flexibility index (Phi) is 3.94. The largest absolute Gasteiger partial charge is 0.369 e. The van der Waals surface area contributed by atoms with Gasteiger partial charge in [-0.1, -0.05) is 0 Å². The van der Waals surface area contributed by atoms with E-state index in [4.69, 9.17) is 0 Å². The first kappa shape index (κ1) is 13.8. The first-order valence-electron chi connectivity index (χ1n) is 7.64. The smallest absolute Gasteiger partial charge is 0.123 e. The summed E-state index contributed by atoms with van der Waals surface area (Å²) in [5, 5.41) is 3.22. The predicted molar refractivity (Wildman–Crippen MR) is 80.7 cm³/mol. The normalized spacial score (nSPS) is 22.1. The van der Waals surface area contributed by atoms with Crippen molar-refractivity contribution < 1.29 is 4.39 Å².